The molecule has 0 spiro atoms. The highest BCUT2D eigenvalue weighted by Crippen LogP contribution is 2.05. The van der Waals surface area contributed by atoms with Gasteiger partial charge in [-0.15, -0.1) is 0 Å². The lowest BCUT2D eigenvalue weighted by Gasteiger charge is -2.30. The number of sulfone groups is 1. The van der Waals surface area contributed by atoms with E-state index in [1.54, 1.807) is 7.05 Å². The van der Waals surface area contributed by atoms with Crippen molar-refractivity contribution in [2.24, 2.45) is 4.99 Å². The maximum atomic E-state index is 11.1. The third-order valence-electron chi connectivity index (χ3n) is 3.20. The van der Waals surface area contributed by atoms with Gasteiger partial charge in [-0.25, -0.2) is 8.42 Å². The molecule has 0 saturated carbocycles. The Morgan fingerprint density at radius 1 is 1.10 bits per heavy atom. The number of rotatable bonds is 9. The molecule has 2 N–H and O–H groups in total. The van der Waals surface area contributed by atoms with Crippen LogP contribution in [0.3, 0.4) is 0 Å². The quantitative estimate of drug-likeness (QED) is 0.372. The molecule has 0 aliphatic heterocycles. The first-order chi connectivity index (χ1) is 9.67. The molecule has 0 bridgehead atoms. The van der Waals surface area contributed by atoms with Crippen LogP contribution in [0.15, 0.2) is 4.99 Å². The Morgan fingerprint density at radius 3 is 2.05 bits per heavy atom. The second-order valence-electron chi connectivity index (χ2n) is 5.83. The fourth-order valence-electron chi connectivity index (χ4n) is 2.16. The van der Waals surface area contributed by atoms with Gasteiger partial charge in [0.25, 0.3) is 0 Å². The molecule has 7 heteroatoms. The molecule has 0 heterocycles. The number of nitrogens with zero attached hydrogens (tertiary/aromatic N) is 2. The van der Waals surface area contributed by atoms with E-state index >= 15 is 0 Å². The molecule has 0 unspecified atom stereocenters. The number of guanidine groups is 1. The van der Waals surface area contributed by atoms with Crippen molar-refractivity contribution in [1.29, 1.82) is 0 Å². The summed E-state index contributed by atoms with van der Waals surface area (Å²) in [5, 5.41) is 6.21. The first-order valence-corrected chi connectivity index (χ1v) is 9.61. The van der Waals surface area contributed by atoms with Crippen LogP contribution < -0.4 is 10.6 Å². The van der Waals surface area contributed by atoms with Crippen LogP contribution in [-0.2, 0) is 9.84 Å². The van der Waals surface area contributed by atoms with E-state index in [9.17, 15) is 8.42 Å². The number of nitrogens with one attached hydrogen (secondary N) is 2. The fourth-order valence-corrected chi connectivity index (χ4v) is 2.63. The summed E-state index contributed by atoms with van der Waals surface area (Å²) in [7, 11) is -1.25. The van der Waals surface area contributed by atoms with Crippen molar-refractivity contribution < 1.29 is 8.42 Å². The van der Waals surface area contributed by atoms with Crippen molar-refractivity contribution >= 4 is 15.8 Å². The largest absolute Gasteiger partial charge is 0.356 e. The summed E-state index contributed by atoms with van der Waals surface area (Å²) in [6, 6.07) is 1.08. The highest BCUT2D eigenvalue weighted by molar-refractivity contribution is 7.90. The van der Waals surface area contributed by atoms with Gasteiger partial charge in [0, 0.05) is 45.0 Å². The molecule has 0 amide bonds. The molecule has 0 aliphatic rings. The lowest BCUT2D eigenvalue weighted by molar-refractivity contribution is 0.173. The molecule has 21 heavy (non-hydrogen) atoms. The van der Waals surface area contributed by atoms with Crippen molar-refractivity contribution in [2.45, 2.75) is 46.2 Å². The van der Waals surface area contributed by atoms with Crippen molar-refractivity contribution in [3.05, 3.63) is 0 Å². The molecule has 0 aromatic rings. The molecule has 0 rings (SSSR count). The smallest absolute Gasteiger partial charge is 0.191 e. The lowest BCUT2D eigenvalue weighted by Crippen LogP contribution is -2.42. The highest BCUT2D eigenvalue weighted by Gasteiger charge is 2.12. The first-order valence-electron chi connectivity index (χ1n) is 7.55. The van der Waals surface area contributed by atoms with Gasteiger partial charge in [0.05, 0.1) is 5.75 Å². The van der Waals surface area contributed by atoms with Crippen LogP contribution in [0, 0.1) is 0 Å². The first kappa shape index (κ1) is 20.2. The monoisotopic (exact) mass is 320 g/mol. The average Bonchev–Trinajstić information content (AvgIpc) is 2.33. The molecule has 126 valence electrons. The number of hydrogen-bond acceptors (Lipinski definition) is 4. The predicted molar refractivity (Wildman–Crippen MR) is 90.7 cm³/mol. The minimum absolute atomic E-state index is 0.113. The Morgan fingerprint density at radius 2 is 1.62 bits per heavy atom. The normalized spacial score (nSPS) is 13.3. The second kappa shape index (κ2) is 10.00. The van der Waals surface area contributed by atoms with Crippen molar-refractivity contribution in [2.75, 3.05) is 38.7 Å². The fraction of sp³-hybridized carbons (Fsp3) is 0.929. The molecule has 6 nitrogen and oxygen atoms in total. The zero-order chi connectivity index (χ0) is 16.5. The second-order valence-corrected chi connectivity index (χ2v) is 8.09. The summed E-state index contributed by atoms with van der Waals surface area (Å²) in [5.74, 6) is 0.765. The maximum Gasteiger partial charge on any atom is 0.191 e. The van der Waals surface area contributed by atoms with E-state index in [1.807, 2.05) is 0 Å². The van der Waals surface area contributed by atoms with Gasteiger partial charge >= 0.3 is 0 Å². The molecule has 0 aromatic heterocycles. The van der Waals surface area contributed by atoms with Crippen molar-refractivity contribution in [3.8, 4) is 0 Å². The number of aliphatic imine (C=N–C) groups is 1. The van der Waals surface area contributed by atoms with Gasteiger partial charge in [0.15, 0.2) is 5.96 Å². The minimum atomic E-state index is -2.94. The van der Waals surface area contributed by atoms with Gasteiger partial charge in [-0.1, -0.05) is 0 Å². The topological polar surface area (TPSA) is 73.8 Å². The lowest BCUT2D eigenvalue weighted by atomic mass is 10.2. The van der Waals surface area contributed by atoms with Crippen LogP contribution in [0.5, 0.6) is 0 Å². The number of hydrogen-bond donors (Lipinski definition) is 2. The van der Waals surface area contributed by atoms with Crippen LogP contribution in [0.2, 0.25) is 0 Å². The summed E-state index contributed by atoms with van der Waals surface area (Å²) in [6.45, 7) is 11.1. The predicted octanol–water partition coefficient (Wildman–Crippen LogP) is 0.705. The van der Waals surface area contributed by atoms with Crippen LogP contribution >= 0.6 is 0 Å². The summed E-state index contributed by atoms with van der Waals surface area (Å²) < 4.78 is 22.1. The molecule has 0 aliphatic carbocycles. The summed E-state index contributed by atoms with van der Waals surface area (Å²) >= 11 is 0. The summed E-state index contributed by atoms with van der Waals surface area (Å²) in [5.41, 5.74) is 0. The van der Waals surface area contributed by atoms with Gasteiger partial charge in [-0.05, 0) is 34.1 Å². The third-order valence-corrected chi connectivity index (χ3v) is 4.15. The molecular formula is C14H32N4O2S. The van der Waals surface area contributed by atoms with Crippen molar-refractivity contribution in [1.82, 2.24) is 15.5 Å². The third kappa shape index (κ3) is 10.5. The molecule has 0 saturated heterocycles. The Hall–Kier alpha value is -0.820. The van der Waals surface area contributed by atoms with Crippen LogP contribution in [0.25, 0.3) is 0 Å². The highest BCUT2D eigenvalue weighted by atomic mass is 32.2. The van der Waals surface area contributed by atoms with E-state index in [1.165, 1.54) is 6.26 Å². The van der Waals surface area contributed by atoms with Crippen LogP contribution in [0.1, 0.15) is 34.1 Å². The Bertz CT molecular complexity index is 397. The van der Waals surface area contributed by atoms with Crippen LogP contribution in [-0.4, -0.2) is 70.1 Å². The minimum Gasteiger partial charge on any atom is -0.356 e. The average molecular weight is 321 g/mol. The molecule has 0 aromatic carbocycles. The zero-order valence-corrected chi connectivity index (χ0v) is 15.1. The molecule has 0 fully saturated rings. The van der Waals surface area contributed by atoms with E-state index in [4.69, 9.17) is 0 Å². The molecule has 0 radical (unpaired) electrons. The van der Waals surface area contributed by atoms with E-state index in [0.29, 0.717) is 24.6 Å². The molecule has 0 atom stereocenters. The van der Waals surface area contributed by atoms with Gasteiger partial charge in [-0.3, -0.25) is 9.89 Å². The van der Waals surface area contributed by atoms with E-state index in [-0.39, 0.29) is 5.75 Å². The summed E-state index contributed by atoms with van der Waals surface area (Å²) in [4.78, 5) is 6.53. The van der Waals surface area contributed by atoms with E-state index in [2.05, 4.69) is 48.2 Å². The molecular weight excluding hydrogens is 288 g/mol. The Labute approximate surface area is 130 Å². The van der Waals surface area contributed by atoms with Crippen LogP contribution in [0.4, 0.5) is 0 Å². The standard InChI is InChI=1S/C14H32N4O2S/c1-12(2)18(13(3)4)10-7-8-16-14(15-5)17-9-11-21(6,19)20/h12-13H,7-11H2,1-6H3,(H2,15,16,17). The van der Waals surface area contributed by atoms with Gasteiger partial charge in [-0.2, -0.15) is 0 Å². The van der Waals surface area contributed by atoms with Gasteiger partial charge in [0.2, 0.25) is 0 Å². The van der Waals surface area contributed by atoms with E-state index in [0.717, 1.165) is 19.5 Å². The Balaban J connectivity index is 3.97. The van der Waals surface area contributed by atoms with Gasteiger partial charge < -0.3 is 10.6 Å². The van der Waals surface area contributed by atoms with Gasteiger partial charge in [0.1, 0.15) is 9.84 Å². The zero-order valence-electron chi connectivity index (χ0n) is 14.3. The maximum absolute atomic E-state index is 11.1. The van der Waals surface area contributed by atoms with E-state index < -0.39 is 9.84 Å². The summed E-state index contributed by atoms with van der Waals surface area (Å²) in [6.07, 6.45) is 2.25. The Kier molecular flexibility index (Phi) is 9.61. The van der Waals surface area contributed by atoms with Crippen molar-refractivity contribution in [3.63, 3.8) is 0 Å². The SMILES string of the molecule is CN=C(NCCCN(C(C)C)C(C)C)NCCS(C)(=O)=O.